The SMILES string of the molecule is COc1cc2c(CBr)cc3ccc(C)cc3c2cc1CO. The van der Waals surface area contributed by atoms with E-state index in [4.69, 9.17) is 4.74 Å². The van der Waals surface area contributed by atoms with Crippen molar-refractivity contribution in [2.45, 2.75) is 18.9 Å². The molecule has 108 valence electrons. The lowest BCUT2D eigenvalue weighted by atomic mass is 9.95. The summed E-state index contributed by atoms with van der Waals surface area (Å²) in [6, 6.07) is 12.8. The number of benzene rings is 3. The van der Waals surface area contributed by atoms with Crippen molar-refractivity contribution in [3.05, 3.63) is 53.1 Å². The molecule has 0 aliphatic carbocycles. The molecule has 2 nitrogen and oxygen atoms in total. The molecule has 0 unspecified atom stereocenters. The second-order valence-electron chi connectivity index (χ2n) is 5.26. The van der Waals surface area contributed by atoms with E-state index in [1.54, 1.807) is 7.11 Å². The molecule has 0 saturated heterocycles. The van der Waals surface area contributed by atoms with E-state index in [1.165, 1.54) is 27.3 Å². The predicted octanol–water partition coefficient (Wildman–Crippen LogP) is 4.70. The summed E-state index contributed by atoms with van der Waals surface area (Å²) < 4.78 is 5.40. The molecule has 1 N–H and O–H groups in total. The Bertz CT molecular complexity index is 824. The fourth-order valence-electron chi connectivity index (χ4n) is 2.83. The molecule has 0 radical (unpaired) electrons. The fourth-order valence-corrected chi connectivity index (χ4v) is 3.30. The van der Waals surface area contributed by atoms with Crippen LogP contribution >= 0.6 is 15.9 Å². The van der Waals surface area contributed by atoms with Crippen LogP contribution in [-0.2, 0) is 11.9 Å². The van der Waals surface area contributed by atoms with Gasteiger partial charge in [-0.25, -0.2) is 0 Å². The van der Waals surface area contributed by atoms with Gasteiger partial charge < -0.3 is 9.84 Å². The maximum atomic E-state index is 9.57. The molecule has 0 heterocycles. The van der Waals surface area contributed by atoms with Crippen LogP contribution in [0.25, 0.3) is 21.5 Å². The van der Waals surface area contributed by atoms with Crippen molar-refractivity contribution in [1.29, 1.82) is 0 Å². The fraction of sp³-hybridized carbons (Fsp3) is 0.222. The van der Waals surface area contributed by atoms with Crippen LogP contribution in [0.15, 0.2) is 36.4 Å². The summed E-state index contributed by atoms with van der Waals surface area (Å²) in [7, 11) is 1.64. The van der Waals surface area contributed by atoms with Crippen LogP contribution in [-0.4, -0.2) is 12.2 Å². The molecule has 0 fully saturated rings. The molecule has 0 bridgehead atoms. The van der Waals surface area contributed by atoms with Gasteiger partial charge in [0, 0.05) is 10.9 Å². The van der Waals surface area contributed by atoms with E-state index in [1.807, 2.05) is 12.1 Å². The zero-order valence-corrected chi connectivity index (χ0v) is 13.7. The van der Waals surface area contributed by atoms with Gasteiger partial charge in [-0.15, -0.1) is 0 Å². The number of hydrogen-bond donors (Lipinski definition) is 1. The van der Waals surface area contributed by atoms with Gasteiger partial charge in [0.25, 0.3) is 0 Å². The second-order valence-corrected chi connectivity index (χ2v) is 5.82. The highest BCUT2D eigenvalue weighted by Crippen LogP contribution is 2.35. The Hall–Kier alpha value is -1.58. The Labute approximate surface area is 132 Å². The Morgan fingerprint density at radius 3 is 2.48 bits per heavy atom. The Kier molecular flexibility index (Phi) is 3.87. The van der Waals surface area contributed by atoms with E-state index < -0.39 is 0 Å². The van der Waals surface area contributed by atoms with Gasteiger partial charge in [0.05, 0.1) is 13.7 Å². The first kappa shape index (κ1) is 14.4. The number of ether oxygens (including phenoxy) is 1. The molecule has 3 aromatic rings. The number of halogens is 1. The monoisotopic (exact) mass is 344 g/mol. The van der Waals surface area contributed by atoms with Crippen LogP contribution in [0.3, 0.4) is 0 Å². The standard InChI is InChI=1S/C18H17BrO2/c1-11-3-4-12-6-13(9-19)16-8-18(21-2)14(10-20)7-17(16)15(12)5-11/h3-8,20H,9-10H2,1-2H3. The third-order valence-corrected chi connectivity index (χ3v) is 4.51. The van der Waals surface area contributed by atoms with E-state index in [-0.39, 0.29) is 6.61 Å². The highest BCUT2D eigenvalue weighted by molar-refractivity contribution is 9.08. The molecule has 0 aromatic heterocycles. The molecule has 3 rings (SSSR count). The summed E-state index contributed by atoms with van der Waals surface area (Å²) in [5, 5.41) is 15.1. The van der Waals surface area contributed by atoms with Crippen molar-refractivity contribution >= 4 is 37.5 Å². The van der Waals surface area contributed by atoms with Crippen molar-refractivity contribution in [2.24, 2.45) is 0 Å². The minimum absolute atomic E-state index is 0.0229. The number of alkyl halides is 1. The molecule has 0 spiro atoms. The number of aryl methyl sites for hydroxylation is 1. The second kappa shape index (κ2) is 5.66. The molecule has 0 aliphatic rings. The van der Waals surface area contributed by atoms with Crippen molar-refractivity contribution < 1.29 is 9.84 Å². The summed E-state index contributed by atoms with van der Waals surface area (Å²) in [4.78, 5) is 0. The molecule has 0 amide bonds. The van der Waals surface area contributed by atoms with Gasteiger partial charge in [-0.05, 0) is 52.2 Å². The van der Waals surface area contributed by atoms with Gasteiger partial charge in [-0.2, -0.15) is 0 Å². The highest BCUT2D eigenvalue weighted by Gasteiger charge is 2.11. The van der Waals surface area contributed by atoms with Gasteiger partial charge in [-0.1, -0.05) is 39.7 Å². The first-order valence-corrected chi connectivity index (χ1v) is 7.99. The van der Waals surface area contributed by atoms with Gasteiger partial charge in [-0.3, -0.25) is 0 Å². The lowest BCUT2D eigenvalue weighted by Crippen LogP contribution is -1.94. The van der Waals surface area contributed by atoms with E-state index in [2.05, 4.69) is 47.1 Å². The lowest BCUT2D eigenvalue weighted by molar-refractivity contribution is 0.274. The number of fused-ring (bicyclic) bond motifs is 3. The van der Waals surface area contributed by atoms with Crippen LogP contribution in [0.4, 0.5) is 0 Å². The number of aliphatic hydroxyl groups is 1. The topological polar surface area (TPSA) is 29.5 Å². The molecule has 3 aromatic carbocycles. The molecule has 21 heavy (non-hydrogen) atoms. The van der Waals surface area contributed by atoms with Crippen LogP contribution in [0, 0.1) is 6.92 Å². The Morgan fingerprint density at radius 2 is 1.81 bits per heavy atom. The molecule has 0 saturated carbocycles. The third-order valence-electron chi connectivity index (χ3n) is 3.91. The molecular formula is C18H17BrO2. The van der Waals surface area contributed by atoms with Gasteiger partial charge in [0.2, 0.25) is 0 Å². The zero-order valence-electron chi connectivity index (χ0n) is 12.1. The van der Waals surface area contributed by atoms with E-state index >= 15 is 0 Å². The number of rotatable bonds is 3. The van der Waals surface area contributed by atoms with Crippen LogP contribution in [0.5, 0.6) is 5.75 Å². The Balaban J connectivity index is 2.49. The maximum Gasteiger partial charge on any atom is 0.125 e. The first-order valence-electron chi connectivity index (χ1n) is 6.87. The van der Waals surface area contributed by atoms with Gasteiger partial charge in [0.15, 0.2) is 0 Å². The van der Waals surface area contributed by atoms with Crippen LogP contribution < -0.4 is 4.74 Å². The largest absolute Gasteiger partial charge is 0.496 e. The normalized spacial score (nSPS) is 11.2. The van der Waals surface area contributed by atoms with Crippen molar-refractivity contribution in [2.75, 3.05) is 7.11 Å². The highest BCUT2D eigenvalue weighted by atomic mass is 79.9. The Morgan fingerprint density at radius 1 is 1.00 bits per heavy atom. The average molecular weight is 345 g/mol. The van der Waals surface area contributed by atoms with Crippen molar-refractivity contribution in [1.82, 2.24) is 0 Å². The van der Waals surface area contributed by atoms with E-state index in [0.29, 0.717) is 0 Å². The zero-order chi connectivity index (χ0) is 15.0. The van der Waals surface area contributed by atoms with Crippen LogP contribution in [0.2, 0.25) is 0 Å². The first-order chi connectivity index (χ1) is 10.2. The van der Waals surface area contributed by atoms with Crippen molar-refractivity contribution in [3.8, 4) is 5.75 Å². The third kappa shape index (κ3) is 2.41. The smallest absolute Gasteiger partial charge is 0.125 e. The lowest BCUT2D eigenvalue weighted by Gasteiger charge is -2.14. The minimum atomic E-state index is -0.0229. The van der Waals surface area contributed by atoms with Crippen molar-refractivity contribution in [3.63, 3.8) is 0 Å². The molecule has 0 aliphatic heterocycles. The summed E-state index contributed by atoms with van der Waals surface area (Å²) in [5.41, 5.74) is 3.28. The quantitative estimate of drug-likeness (QED) is 0.551. The molecular weight excluding hydrogens is 328 g/mol. The van der Waals surface area contributed by atoms with E-state index in [9.17, 15) is 5.11 Å². The van der Waals surface area contributed by atoms with Gasteiger partial charge >= 0.3 is 0 Å². The number of aliphatic hydroxyl groups excluding tert-OH is 1. The number of hydrogen-bond acceptors (Lipinski definition) is 2. The minimum Gasteiger partial charge on any atom is -0.496 e. The number of methoxy groups -OCH3 is 1. The average Bonchev–Trinajstić information content (AvgIpc) is 2.52. The summed E-state index contributed by atoms with van der Waals surface area (Å²) in [5.74, 6) is 0.735. The maximum absolute atomic E-state index is 9.57. The molecule has 0 atom stereocenters. The van der Waals surface area contributed by atoms with Gasteiger partial charge in [0.1, 0.15) is 5.75 Å². The van der Waals surface area contributed by atoms with E-state index in [0.717, 1.165) is 22.0 Å². The molecule has 3 heteroatoms. The summed E-state index contributed by atoms with van der Waals surface area (Å²) in [6.07, 6.45) is 0. The summed E-state index contributed by atoms with van der Waals surface area (Å²) >= 11 is 3.57. The predicted molar refractivity (Wildman–Crippen MR) is 91.3 cm³/mol. The van der Waals surface area contributed by atoms with Crippen LogP contribution in [0.1, 0.15) is 16.7 Å². The summed E-state index contributed by atoms with van der Waals surface area (Å²) in [6.45, 7) is 2.07.